The van der Waals surface area contributed by atoms with Crippen molar-refractivity contribution in [1.29, 1.82) is 0 Å². The average Bonchev–Trinajstić information content (AvgIpc) is 2.49. The molecule has 0 radical (unpaired) electrons. The van der Waals surface area contributed by atoms with Gasteiger partial charge in [-0.1, -0.05) is 0 Å². The van der Waals surface area contributed by atoms with E-state index in [1.807, 2.05) is 0 Å². The van der Waals surface area contributed by atoms with E-state index < -0.39 is 45.2 Å². The van der Waals surface area contributed by atoms with E-state index >= 15 is 0 Å². The van der Waals surface area contributed by atoms with Crippen molar-refractivity contribution in [1.82, 2.24) is 9.62 Å². The second-order valence-corrected chi connectivity index (χ2v) is 7.06. The summed E-state index contributed by atoms with van der Waals surface area (Å²) < 4.78 is 69.7. The molecule has 0 aromatic heterocycles. The number of nitrogens with one attached hydrogen (secondary N) is 2. The van der Waals surface area contributed by atoms with Crippen LogP contribution in [0.2, 0.25) is 0 Å². The number of urea groups is 1. The summed E-state index contributed by atoms with van der Waals surface area (Å²) in [5.74, 6) is -3.85. The maximum atomic E-state index is 13.6. The van der Waals surface area contributed by atoms with Crippen LogP contribution in [-0.2, 0) is 14.8 Å². The van der Waals surface area contributed by atoms with Crippen molar-refractivity contribution in [2.45, 2.75) is 6.04 Å². The highest BCUT2D eigenvalue weighted by atomic mass is 32.2. The number of anilines is 1. The van der Waals surface area contributed by atoms with Crippen LogP contribution < -0.4 is 10.0 Å². The van der Waals surface area contributed by atoms with Gasteiger partial charge in [0.05, 0.1) is 31.2 Å². The molecule has 2 N–H and O–H groups in total. The molecule has 2 amide bonds. The standard InChI is InChI=1S/C13H16F3N3O4S/c1-24(21,22)17-6-9-7-23-3-2-19(9)13(20)18-11-5-8(14)4-10(15)12(11)16/h4-5,9,17H,2-3,6-7H2,1H3,(H,18,20)/t9-/m0/s1. The second kappa shape index (κ2) is 7.36. The zero-order valence-electron chi connectivity index (χ0n) is 12.7. The predicted molar refractivity (Wildman–Crippen MR) is 79.5 cm³/mol. The molecule has 11 heteroatoms. The topological polar surface area (TPSA) is 87.7 Å². The molecule has 1 aliphatic rings. The van der Waals surface area contributed by atoms with Crippen LogP contribution in [0.5, 0.6) is 0 Å². The number of carbonyl (C=O) groups is 1. The molecule has 1 saturated heterocycles. The van der Waals surface area contributed by atoms with E-state index in [4.69, 9.17) is 4.74 Å². The molecule has 1 fully saturated rings. The number of benzene rings is 1. The third kappa shape index (κ3) is 4.82. The summed E-state index contributed by atoms with van der Waals surface area (Å²) in [6.45, 7) is 0.270. The Balaban J connectivity index is 2.11. The Bertz CT molecular complexity index is 729. The summed E-state index contributed by atoms with van der Waals surface area (Å²) in [6.07, 6.45) is 0.964. The van der Waals surface area contributed by atoms with E-state index in [9.17, 15) is 26.4 Å². The lowest BCUT2D eigenvalue weighted by atomic mass is 10.2. The average molecular weight is 367 g/mol. The number of morpholine rings is 1. The number of nitrogens with zero attached hydrogens (tertiary/aromatic N) is 1. The number of hydrogen-bond acceptors (Lipinski definition) is 4. The van der Waals surface area contributed by atoms with Gasteiger partial charge in [0.25, 0.3) is 0 Å². The molecule has 1 aromatic carbocycles. The maximum absolute atomic E-state index is 13.6. The van der Waals surface area contributed by atoms with Crippen LogP contribution in [0.15, 0.2) is 12.1 Å². The fraction of sp³-hybridized carbons (Fsp3) is 0.462. The minimum atomic E-state index is -3.47. The Morgan fingerprint density at radius 1 is 1.38 bits per heavy atom. The van der Waals surface area contributed by atoms with E-state index in [1.165, 1.54) is 4.90 Å². The SMILES string of the molecule is CS(=O)(=O)NC[C@H]1COCCN1C(=O)Nc1cc(F)cc(F)c1F. The first-order valence-electron chi connectivity index (χ1n) is 6.92. The highest BCUT2D eigenvalue weighted by molar-refractivity contribution is 7.88. The number of hydrogen-bond donors (Lipinski definition) is 2. The van der Waals surface area contributed by atoms with Crippen molar-refractivity contribution in [3.05, 3.63) is 29.6 Å². The largest absolute Gasteiger partial charge is 0.377 e. The smallest absolute Gasteiger partial charge is 0.322 e. The first kappa shape index (κ1) is 18.5. The van der Waals surface area contributed by atoms with Crippen molar-refractivity contribution < 1.29 is 31.1 Å². The van der Waals surface area contributed by atoms with Crippen LogP contribution in [0.1, 0.15) is 0 Å². The molecule has 1 aromatic rings. The lowest BCUT2D eigenvalue weighted by Gasteiger charge is -2.35. The van der Waals surface area contributed by atoms with E-state index in [0.717, 1.165) is 6.26 Å². The van der Waals surface area contributed by atoms with E-state index in [-0.39, 0.29) is 26.3 Å². The van der Waals surface area contributed by atoms with Gasteiger partial charge in [0.15, 0.2) is 11.6 Å². The summed E-state index contributed by atoms with van der Waals surface area (Å²) in [6, 6.07) is -0.448. The minimum Gasteiger partial charge on any atom is -0.377 e. The van der Waals surface area contributed by atoms with Gasteiger partial charge in [-0.05, 0) is 0 Å². The summed E-state index contributed by atoms with van der Waals surface area (Å²) in [4.78, 5) is 13.5. The zero-order chi connectivity index (χ0) is 17.9. The molecule has 1 heterocycles. The van der Waals surface area contributed by atoms with Gasteiger partial charge in [0.2, 0.25) is 10.0 Å². The number of amides is 2. The normalized spacial score (nSPS) is 18.5. The van der Waals surface area contributed by atoms with Gasteiger partial charge in [-0.15, -0.1) is 0 Å². The summed E-state index contributed by atoms with van der Waals surface area (Å²) >= 11 is 0. The Morgan fingerprint density at radius 2 is 2.08 bits per heavy atom. The second-order valence-electron chi connectivity index (χ2n) is 5.22. The van der Waals surface area contributed by atoms with Crippen molar-refractivity contribution in [2.24, 2.45) is 0 Å². The highest BCUT2D eigenvalue weighted by Gasteiger charge is 2.29. The van der Waals surface area contributed by atoms with E-state index in [0.29, 0.717) is 12.1 Å². The quantitative estimate of drug-likeness (QED) is 0.774. The molecular weight excluding hydrogens is 351 g/mol. The molecule has 1 atom stereocenters. The van der Waals surface area contributed by atoms with Gasteiger partial charge in [0, 0.05) is 25.2 Å². The fourth-order valence-electron chi connectivity index (χ4n) is 2.17. The van der Waals surface area contributed by atoms with Crippen LogP contribution in [0.4, 0.5) is 23.7 Å². The number of halogens is 3. The monoisotopic (exact) mass is 367 g/mol. The molecule has 24 heavy (non-hydrogen) atoms. The van der Waals surface area contributed by atoms with Gasteiger partial charge < -0.3 is 15.0 Å². The van der Waals surface area contributed by atoms with Crippen LogP contribution in [0, 0.1) is 17.5 Å². The van der Waals surface area contributed by atoms with Gasteiger partial charge in [-0.3, -0.25) is 0 Å². The molecular formula is C13H16F3N3O4S. The van der Waals surface area contributed by atoms with Crippen molar-refractivity contribution in [3.8, 4) is 0 Å². The lowest BCUT2D eigenvalue weighted by Crippen LogP contribution is -2.54. The maximum Gasteiger partial charge on any atom is 0.322 e. The van der Waals surface area contributed by atoms with Crippen LogP contribution in [-0.4, -0.2) is 57.9 Å². The summed E-state index contributed by atoms with van der Waals surface area (Å²) in [5.41, 5.74) is -0.640. The first-order chi connectivity index (χ1) is 11.2. The zero-order valence-corrected chi connectivity index (χ0v) is 13.5. The molecule has 0 unspecified atom stereocenters. The van der Waals surface area contributed by atoms with Gasteiger partial charge >= 0.3 is 6.03 Å². The van der Waals surface area contributed by atoms with Crippen LogP contribution in [0.3, 0.4) is 0 Å². The van der Waals surface area contributed by atoms with Gasteiger partial charge in [-0.25, -0.2) is 31.1 Å². The Kier molecular flexibility index (Phi) is 5.67. The Hall–Kier alpha value is -1.85. The number of rotatable bonds is 4. The summed E-state index contributed by atoms with van der Waals surface area (Å²) in [5, 5.41) is 2.09. The van der Waals surface area contributed by atoms with Crippen molar-refractivity contribution >= 4 is 21.7 Å². The fourth-order valence-corrected chi connectivity index (χ4v) is 2.67. The number of carbonyl (C=O) groups excluding carboxylic acids is 1. The molecule has 0 aliphatic carbocycles. The molecule has 0 bridgehead atoms. The van der Waals surface area contributed by atoms with Crippen molar-refractivity contribution in [3.63, 3.8) is 0 Å². The molecule has 2 rings (SSSR count). The van der Waals surface area contributed by atoms with Crippen LogP contribution in [0.25, 0.3) is 0 Å². The van der Waals surface area contributed by atoms with Crippen LogP contribution >= 0.6 is 0 Å². The highest BCUT2D eigenvalue weighted by Crippen LogP contribution is 2.20. The minimum absolute atomic E-state index is 0.0654. The van der Waals surface area contributed by atoms with E-state index in [2.05, 4.69) is 10.0 Å². The third-order valence-electron chi connectivity index (χ3n) is 3.30. The molecule has 0 spiro atoms. The molecule has 134 valence electrons. The Labute approximate surface area is 136 Å². The molecule has 1 aliphatic heterocycles. The Morgan fingerprint density at radius 3 is 2.75 bits per heavy atom. The summed E-state index contributed by atoms with van der Waals surface area (Å²) in [7, 11) is -3.47. The number of sulfonamides is 1. The number of ether oxygens (including phenoxy) is 1. The molecule has 7 nitrogen and oxygen atoms in total. The van der Waals surface area contributed by atoms with Gasteiger partial charge in [-0.2, -0.15) is 0 Å². The first-order valence-corrected chi connectivity index (χ1v) is 8.81. The molecule has 0 saturated carbocycles. The van der Waals surface area contributed by atoms with Gasteiger partial charge in [0.1, 0.15) is 5.82 Å². The van der Waals surface area contributed by atoms with E-state index in [1.54, 1.807) is 0 Å². The third-order valence-corrected chi connectivity index (χ3v) is 4.00. The predicted octanol–water partition coefficient (Wildman–Crippen LogP) is 0.886. The lowest BCUT2D eigenvalue weighted by molar-refractivity contribution is 0.0176. The van der Waals surface area contributed by atoms with Crippen molar-refractivity contribution in [2.75, 3.05) is 37.9 Å².